The maximum atomic E-state index is 13.8. The van der Waals surface area contributed by atoms with Gasteiger partial charge in [0.25, 0.3) is 0 Å². The van der Waals surface area contributed by atoms with Crippen LogP contribution in [0.1, 0.15) is 30.9 Å². The van der Waals surface area contributed by atoms with E-state index < -0.39 is 8.07 Å². The van der Waals surface area contributed by atoms with Gasteiger partial charge in [0.1, 0.15) is 5.82 Å². The van der Waals surface area contributed by atoms with Crippen LogP contribution in [0.15, 0.2) is 12.1 Å². The van der Waals surface area contributed by atoms with E-state index in [0.29, 0.717) is 0 Å². The molecule has 0 N–H and O–H groups in total. The molecule has 0 heterocycles. The molecule has 0 nitrogen and oxygen atoms in total. The number of aryl methyl sites for hydroxylation is 1. The summed E-state index contributed by atoms with van der Waals surface area (Å²) in [6.07, 6.45) is 0. The van der Waals surface area contributed by atoms with Crippen molar-refractivity contribution in [1.82, 2.24) is 0 Å². The Kier molecular flexibility index (Phi) is 3.39. The van der Waals surface area contributed by atoms with Gasteiger partial charge in [0.2, 0.25) is 0 Å². The van der Waals surface area contributed by atoms with E-state index in [9.17, 15) is 4.39 Å². The van der Waals surface area contributed by atoms with Crippen molar-refractivity contribution in [2.45, 2.75) is 46.3 Å². The van der Waals surface area contributed by atoms with Crippen molar-refractivity contribution >= 4 is 13.3 Å². The Morgan fingerprint density at radius 3 is 2.07 bits per heavy atom. The van der Waals surface area contributed by atoms with Crippen LogP contribution in [0, 0.1) is 12.7 Å². The number of halogens is 1. The highest BCUT2D eigenvalue weighted by Gasteiger charge is 2.20. The summed E-state index contributed by atoms with van der Waals surface area (Å²) in [4.78, 5) is 0. The zero-order chi connectivity index (χ0) is 11.8. The minimum absolute atomic E-state index is 0.0213. The minimum Gasteiger partial charge on any atom is -0.206 e. The molecule has 0 aliphatic carbocycles. The normalized spacial score (nSPS) is 12.3. The number of hydrogen-bond donors (Lipinski definition) is 0. The molecular weight excluding hydrogens is 203 g/mol. The number of rotatable bonds is 2. The molecule has 2 heteroatoms. The Morgan fingerprint density at radius 1 is 1.13 bits per heavy atom. The van der Waals surface area contributed by atoms with E-state index in [0.717, 1.165) is 11.1 Å². The van der Waals surface area contributed by atoms with E-state index in [4.69, 9.17) is 0 Å². The molecule has 0 spiro atoms. The predicted octanol–water partition coefficient (Wildman–Crippen LogP) is 3.80. The summed E-state index contributed by atoms with van der Waals surface area (Å²) < 4.78 is 13.8. The van der Waals surface area contributed by atoms with E-state index in [1.807, 2.05) is 26.8 Å². The molecule has 15 heavy (non-hydrogen) atoms. The van der Waals surface area contributed by atoms with E-state index in [1.165, 1.54) is 5.19 Å². The van der Waals surface area contributed by atoms with E-state index >= 15 is 0 Å². The van der Waals surface area contributed by atoms with Gasteiger partial charge in [0.05, 0.1) is 8.07 Å². The van der Waals surface area contributed by atoms with Gasteiger partial charge in [0, 0.05) is 0 Å². The topological polar surface area (TPSA) is 0 Å². The molecule has 0 atom stereocenters. The zero-order valence-electron chi connectivity index (χ0n) is 10.6. The maximum absolute atomic E-state index is 13.8. The van der Waals surface area contributed by atoms with Gasteiger partial charge in [-0.25, -0.2) is 4.39 Å². The highest BCUT2D eigenvalue weighted by Crippen LogP contribution is 2.21. The zero-order valence-corrected chi connectivity index (χ0v) is 11.6. The van der Waals surface area contributed by atoms with E-state index in [-0.39, 0.29) is 11.7 Å². The molecule has 84 valence electrons. The quantitative estimate of drug-likeness (QED) is 0.670. The lowest BCUT2D eigenvalue weighted by Gasteiger charge is -2.20. The Bertz CT molecular complexity index is 362. The Balaban J connectivity index is 3.36. The molecule has 0 saturated carbocycles. The fraction of sp³-hybridized carbons (Fsp3) is 0.538. The molecule has 1 rings (SSSR count). The van der Waals surface area contributed by atoms with Crippen molar-refractivity contribution in [3.05, 3.63) is 29.1 Å². The van der Waals surface area contributed by atoms with Crippen molar-refractivity contribution in [3.63, 3.8) is 0 Å². The molecule has 0 amide bonds. The van der Waals surface area contributed by atoms with Gasteiger partial charge in [-0.2, -0.15) is 0 Å². The molecule has 1 aromatic carbocycles. The first-order valence-electron chi connectivity index (χ1n) is 5.54. The van der Waals surface area contributed by atoms with Crippen LogP contribution in [0.5, 0.6) is 0 Å². The lowest BCUT2D eigenvalue weighted by atomic mass is 10.0. The second kappa shape index (κ2) is 4.09. The van der Waals surface area contributed by atoms with Gasteiger partial charge in [-0.1, -0.05) is 50.8 Å². The first-order valence-corrected chi connectivity index (χ1v) is 9.04. The third-order valence-corrected chi connectivity index (χ3v) is 4.79. The Morgan fingerprint density at radius 2 is 1.67 bits per heavy atom. The molecule has 0 fully saturated rings. The number of benzene rings is 1. The molecule has 0 bridgehead atoms. The molecular formula is C13H21FSi. The standard InChI is InChI=1S/C13H21FSi/c1-9(2)12-8-11(15(4,5)6)7-10(3)13(12)14/h7-9H,1-6H3. The third-order valence-electron chi connectivity index (χ3n) is 2.77. The summed E-state index contributed by atoms with van der Waals surface area (Å²) >= 11 is 0. The lowest BCUT2D eigenvalue weighted by molar-refractivity contribution is 0.590. The van der Waals surface area contributed by atoms with Crippen molar-refractivity contribution in [2.24, 2.45) is 0 Å². The molecule has 1 aromatic rings. The van der Waals surface area contributed by atoms with Crippen LogP contribution < -0.4 is 5.19 Å². The van der Waals surface area contributed by atoms with Crippen LogP contribution in [-0.2, 0) is 0 Å². The maximum Gasteiger partial charge on any atom is 0.129 e. The third kappa shape index (κ3) is 2.68. The van der Waals surface area contributed by atoms with Gasteiger partial charge < -0.3 is 0 Å². The molecule has 0 aromatic heterocycles. The fourth-order valence-corrected chi connectivity index (χ4v) is 2.89. The SMILES string of the molecule is Cc1cc([Si](C)(C)C)cc(C(C)C)c1F. The van der Waals surface area contributed by atoms with Gasteiger partial charge >= 0.3 is 0 Å². The van der Waals surface area contributed by atoms with Crippen molar-refractivity contribution in [2.75, 3.05) is 0 Å². The predicted molar refractivity (Wildman–Crippen MR) is 68.2 cm³/mol. The summed E-state index contributed by atoms with van der Waals surface area (Å²) in [5.74, 6) is 0.243. The first kappa shape index (κ1) is 12.4. The average Bonchev–Trinajstić information content (AvgIpc) is 2.06. The van der Waals surface area contributed by atoms with Gasteiger partial charge in [-0.3, -0.25) is 0 Å². The molecule has 0 saturated heterocycles. The van der Waals surface area contributed by atoms with Gasteiger partial charge in [0.15, 0.2) is 0 Å². The first-order chi connectivity index (χ1) is 6.73. The second-order valence-corrected chi connectivity index (χ2v) is 10.7. The van der Waals surface area contributed by atoms with Gasteiger partial charge in [-0.15, -0.1) is 0 Å². The molecule has 0 aliphatic heterocycles. The van der Waals surface area contributed by atoms with E-state index in [2.05, 4.69) is 25.7 Å². The van der Waals surface area contributed by atoms with Gasteiger partial charge in [-0.05, 0) is 24.0 Å². The summed E-state index contributed by atoms with van der Waals surface area (Å²) in [7, 11) is -1.33. The Hall–Kier alpha value is -0.633. The van der Waals surface area contributed by atoms with Crippen molar-refractivity contribution in [3.8, 4) is 0 Å². The summed E-state index contributed by atoms with van der Waals surface area (Å²) in [6, 6.07) is 4.09. The summed E-state index contributed by atoms with van der Waals surface area (Å²) in [6.45, 7) is 12.8. The fourth-order valence-electron chi connectivity index (χ4n) is 1.65. The second-order valence-electron chi connectivity index (χ2n) is 5.60. The lowest BCUT2D eigenvalue weighted by Crippen LogP contribution is -2.38. The highest BCUT2D eigenvalue weighted by atomic mass is 28.3. The van der Waals surface area contributed by atoms with Crippen LogP contribution in [-0.4, -0.2) is 8.07 Å². The van der Waals surface area contributed by atoms with Crippen LogP contribution in [0.2, 0.25) is 19.6 Å². The van der Waals surface area contributed by atoms with Crippen LogP contribution in [0.4, 0.5) is 4.39 Å². The number of hydrogen-bond acceptors (Lipinski definition) is 0. The monoisotopic (exact) mass is 224 g/mol. The minimum atomic E-state index is -1.33. The molecule has 0 unspecified atom stereocenters. The van der Waals surface area contributed by atoms with Crippen LogP contribution >= 0.6 is 0 Å². The van der Waals surface area contributed by atoms with Crippen LogP contribution in [0.25, 0.3) is 0 Å². The Labute approximate surface area is 93.5 Å². The highest BCUT2D eigenvalue weighted by molar-refractivity contribution is 6.88. The average molecular weight is 224 g/mol. The van der Waals surface area contributed by atoms with Crippen molar-refractivity contribution in [1.29, 1.82) is 0 Å². The van der Waals surface area contributed by atoms with Crippen molar-refractivity contribution < 1.29 is 4.39 Å². The summed E-state index contributed by atoms with van der Waals surface area (Å²) in [5, 5.41) is 1.35. The smallest absolute Gasteiger partial charge is 0.129 e. The van der Waals surface area contributed by atoms with Crippen LogP contribution in [0.3, 0.4) is 0 Å². The largest absolute Gasteiger partial charge is 0.206 e. The summed E-state index contributed by atoms with van der Waals surface area (Å²) in [5.41, 5.74) is 1.66. The molecule has 0 radical (unpaired) electrons. The molecule has 0 aliphatic rings. The van der Waals surface area contributed by atoms with E-state index in [1.54, 1.807) is 0 Å².